The van der Waals surface area contributed by atoms with Gasteiger partial charge in [0.15, 0.2) is 5.78 Å². The van der Waals surface area contributed by atoms with E-state index in [1.54, 1.807) is 12.1 Å². The predicted octanol–water partition coefficient (Wildman–Crippen LogP) is 3.25. The first-order valence-corrected chi connectivity index (χ1v) is 4.88. The molecule has 0 bridgehead atoms. The van der Waals surface area contributed by atoms with E-state index in [1.165, 1.54) is 6.92 Å². The minimum absolute atomic E-state index is 0.00628. The number of ketones is 1. The molecule has 2 nitrogen and oxygen atoms in total. The third kappa shape index (κ3) is 2.26. The van der Waals surface area contributed by atoms with Crippen LogP contribution in [0.2, 0.25) is 5.02 Å². The van der Waals surface area contributed by atoms with Gasteiger partial charge < -0.3 is 4.74 Å². The maximum Gasteiger partial charge on any atom is 0.163 e. The molecule has 0 spiro atoms. The zero-order valence-electron chi connectivity index (χ0n) is 8.56. The molecule has 0 radical (unpaired) electrons. The highest BCUT2D eigenvalue weighted by molar-refractivity contribution is 6.31. The molecule has 1 aromatic rings. The van der Waals surface area contributed by atoms with Crippen LogP contribution in [0.1, 0.15) is 29.8 Å². The highest BCUT2D eigenvalue weighted by atomic mass is 35.5. The molecule has 1 aromatic carbocycles. The second-order valence-corrected chi connectivity index (χ2v) is 3.49. The molecule has 0 N–H and O–H groups in total. The van der Waals surface area contributed by atoms with Crippen LogP contribution in [0.5, 0.6) is 5.75 Å². The molecule has 0 aliphatic carbocycles. The van der Waals surface area contributed by atoms with Gasteiger partial charge in [-0.05, 0) is 38.5 Å². The van der Waals surface area contributed by atoms with Gasteiger partial charge in [-0.1, -0.05) is 11.6 Å². The average molecular weight is 213 g/mol. The van der Waals surface area contributed by atoms with Gasteiger partial charge in [0, 0.05) is 5.02 Å². The average Bonchev–Trinajstić information content (AvgIpc) is 2.11. The number of hydrogen-bond donors (Lipinski definition) is 0. The van der Waals surface area contributed by atoms with Crippen LogP contribution in [0, 0.1) is 6.92 Å². The van der Waals surface area contributed by atoms with Crippen LogP contribution in [0.25, 0.3) is 0 Å². The second kappa shape index (κ2) is 4.47. The molecule has 0 aliphatic rings. The van der Waals surface area contributed by atoms with E-state index in [0.717, 1.165) is 5.56 Å². The minimum Gasteiger partial charge on any atom is -0.493 e. The Morgan fingerprint density at radius 3 is 2.64 bits per heavy atom. The topological polar surface area (TPSA) is 26.3 Å². The lowest BCUT2D eigenvalue weighted by Crippen LogP contribution is -2.01. The summed E-state index contributed by atoms with van der Waals surface area (Å²) in [4.78, 5) is 11.3. The lowest BCUT2D eigenvalue weighted by molar-refractivity contribution is 0.101. The fourth-order valence-electron chi connectivity index (χ4n) is 1.21. The first-order valence-electron chi connectivity index (χ1n) is 4.50. The van der Waals surface area contributed by atoms with Crippen molar-refractivity contribution in [2.75, 3.05) is 6.61 Å². The Morgan fingerprint density at radius 1 is 1.50 bits per heavy atom. The number of carbonyl (C=O) groups is 1. The molecule has 0 saturated heterocycles. The summed E-state index contributed by atoms with van der Waals surface area (Å²) < 4.78 is 5.33. The smallest absolute Gasteiger partial charge is 0.163 e. The number of benzene rings is 1. The Balaban J connectivity index is 3.24. The molecule has 14 heavy (non-hydrogen) atoms. The largest absolute Gasteiger partial charge is 0.493 e. The molecule has 76 valence electrons. The standard InChI is InChI=1S/C11H13ClO2/c1-4-14-11-6-10(12)7(2)5-9(11)8(3)13/h5-6H,4H2,1-3H3. The molecule has 1 rings (SSSR count). The van der Waals surface area contributed by atoms with Crippen molar-refractivity contribution in [1.29, 1.82) is 0 Å². The van der Waals surface area contributed by atoms with Crippen LogP contribution in [0.4, 0.5) is 0 Å². The summed E-state index contributed by atoms with van der Waals surface area (Å²) in [5.74, 6) is 0.559. The van der Waals surface area contributed by atoms with Gasteiger partial charge in [0.05, 0.1) is 12.2 Å². The maximum absolute atomic E-state index is 11.3. The highest BCUT2D eigenvalue weighted by Crippen LogP contribution is 2.27. The van der Waals surface area contributed by atoms with E-state index in [9.17, 15) is 4.79 Å². The van der Waals surface area contributed by atoms with Crippen molar-refractivity contribution in [3.05, 3.63) is 28.3 Å². The Morgan fingerprint density at radius 2 is 2.14 bits per heavy atom. The van der Waals surface area contributed by atoms with Crippen molar-refractivity contribution in [3.63, 3.8) is 0 Å². The second-order valence-electron chi connectivity index (χ2n) is 3.09. The SMILES string of the molecule is CCOc1cc(Cl)c(C)cc1C(C)=O. The summed E-state index contributed by atoms with van der Waals surface area (Å²) in [7, 11) is 0. The fourth-order valence-corrected chi connectivity index (χ4v) is 1.37. The lowest BCUT2D eigenvalue weighted by Gasteiger charge is -2.09. The van der Waals surface area contributed by atoms with E-state index in [4.69, 9.17) is 16.3 Å². The monoisotopic (exact) mass is 212 g/mol. The van der Waals surface area contributed by atoms with Crippen LogP contribution < -0.4 is 4.74 Å². The van der Waals surface area contributed by atoms with Gasteiger partial charge >= 0.3 is 0 Å². The zero-order chi connectivity index (χ0) is 10.7. The fraction of sp³-hybridized carbons (Fsp3) is 0.364. The van der Waals surface area contributed by atoms with Gasteiger partial charge in [0.25, 0.3) is 0 Å². The number of halogens is 1. The summed E-state index contributed by atoms with van der Waals surface area (Å²) >= 11 is 5.93. The Kier molecular flexibility index (Phi) is 3.53. The van der Waals surface area contributed by atoms with Crippen LogP contribution in [-0.4, -0.2) is 12.4 Å². The third-order valence-electron chi connectivity index (χ3n) is 1.94. The maximum atomic E-state index is 11.3. The zero-order valence-corrected chi connectivity index (χ0v) is 9.31. The Labute approximate surface area is 88.8 Å². The van der Waals surface area contributed by atoms with E-state index in [1.807, 2.05) is 13.8 Å². The van der Waals surface area contributed by atoms with E-state index in [0.29, 0.717) is 22.9 Å². The van der Waals surface area contributed by atoms with Gasteiger partial charge in [-0.25, -0.2) is 0 Å². The lowest BCUT2D eigenvalue weighted by atomic mass is 10.1. The molecule has 0 amide bonds. The van der Waals surface area contributed by atoms with Gasteiger partial charge in [-0.3, -0.25) is 4.79 Å². The molecule has 0 aliphatic heterocycles. The number of aryl methyl sites for hydroxylation is 1. The van der Waals surface area contributed by atoms with Crippen LogP contribution in [0.3, 0.4) is 0 Å². The number of Topliss-reactive ketones (excluding diaryl/α,β-unsaturated/α-hetero) is 1. The molecular formula is C11H13ClO2. The summed E-state index contributed by atoms with van der Waals surface area (Å²) in [6.07, 6.45) is 0. The van der Waals surface area contributed by atoms with E-state index >= 15 is 0 Å². The summed E-state index contributed by atoms with van der Waals surface area (Å²) in [6, 6.07) is 3.45. The van der Waals surface area contributed by atoms with Crippen molar-refractivity contribution in [1.82, 2.24) is 0 Å². The van der Waals surface area contributed by atoms with Crippen LogP contribution in [0.15, 0.2) is 12.1 Å². The van der Waals surface area contributed by atoms with Crippen LogP contribution in [-0.2, 0) is 0 Å². The molecule has 0 heterocycles. The van der Waals surface area contributed by atoms with Gasteiger partial charge in [0.2, 0.25) is 0 Å². The normalized spacial score (nSPS) is 10.0. The Bertz CT molecular complexity index is 359. The van der Waals surface area contributed by atoms with E-state index in [2.05, 4.69) is 0 Å². The van der Waals surface area contributed by atoms with Gasteiger partial charge in [-0.15, -0.1) is 0 Å². The molecular weight excluding hydrogens is 200 g/mol. The number of carbonyl (C=O) groups excluding carboxylic acids is 1. The van der Waals surface area contributed by atoms with Crippen molar-refractivity contribution < 1.29 is 9.53 Å². The van der Waals surface area contributed by atoms with Crippen molar-refractivity contribution in [3.8, 4) is 5.75 Å². The molecule has 0 fully saturated rings. The van der Waals surface area contributed by atoms with Crippen LogP contribution >= 0.6 is 11.6 Å². The first-order chi connectivity index (χ1) is 6.56. The quantitative estimate of drug-likeness (QED) is 0.719. The molecule has 0 saturated carbocycles. The molecule has 3 heteroatoms. The van der Waals surface area contributed by atoms with Crippen molar-refractivity contribution >= 4 is 17.4 Å². The molecule has 0 unspecified atom stereocenters. The predicted molar refractivity (Wildman–Crippen MR) is 57.4 cm³/mol. The minimum atomic E-state index is -0.00628. The number of rotatable bonds is 3. The highest BCUT2D eigenvalue weighted by Gasteiger charge is 2.10. The first kappa shape index (κ1) is 11.1. The molecule has 0 aromatic heterocycles. The summed E-state index contributed by atoms with van der Waals surface area (Å²) in [5.41, 5.74) is 1.48. The third-order valence-corrected chi connectivity index (χ3v) is 2.35. The number of hydrogen-bond acceptors (Lipinski definition) is 2. The van der Waals surface area contributed by atoms with E-state index < -0.39 is 0 Å². The Hall–Kier alpha value is -1.02. The summed E-state index contributed by atoms with van der Waals surface area (Å²) in [6.45, 7) is 5.78. The number of ether oxygens (including phenoxy) is 1. The van der Waals surface area contributed by atoms with Gasteiger partial charge in [-0.2, -0.15) is 0 Å². The summed E-state index contributed by atoms with van der Waals surface area (Å²) in [5, 5.41) is 0.624. The molecule has 0 atom stereocenters. The van der Waals surface area contributed by atoms with Crippen molar-refractivity contribution in [2.45, 2.75) is 20.8 Å². The van der Waals surface area contributed by atoms with Crippen molar-refractivity contribution in [2.24, 2.45) is 0 Å². The van der Waals surface area contributed by atoms with Gasteiger partial charge in [0.1, 0.15) is 5.75 Å². The van der Waals surface area contributed by atoms with E-state index in [-0.39, 0.29) is 5.78 Å².